The van der Waals surface area contributed by atoms with Gasteiger partial charge in [-0.2, -0.15) is 0 Å². The highest BCUT2D eigenvalue weighted by atomic mass is 16.5. The number of piperidine rings is 1. The van der Waals surface area contributed by atoms with Crippen LogP contribution in [0.25, 0.3) is 0 Å². The predicted octanol–water partition coefficient (Wildman–Crippen LogP) is 3.43. The van der Waals surface area contributed by atoms with E-state index in [-0.39, 0.29) is 0 Å². The molecule has 1 aliphatic carbocycles. The highest BCUT2D eigenvalue weighted by Crippen LogP contribution is 2.27. The molecule has 2 aliphatic rings. The van der Waals surface area contributed by atoms with Crippen LogP contribution in [-0.2, 0) is 17.6 Å². The number of hydrogen-bond donors (Lipinski definition) is 0. The Hall–Kier alpha value is -0.860. The van der Waals surface area contributed by atoms with Gasteiger partial charge in [-0.3, -0.25) is 4.90 Å². The second-order valence-electron chi connectivity index (χ2n) is 6.30. The van der Waals surface area contributed by atoms with Crippen LogP contribution in [0.5, 0.6) is 0 Å². The summed E-state index contributed by atoms with van der Waals surface area (Å²) in [6, 6.07) is 9.71. The van der Waals surface area contributed by atoms with E-state index >= 15 is 0 Å². The maximum Gasteiger partial charge on any atom is 0.0702 e. The lowest BCUT2D eigenvalue weighted by Gasteiger charge is -2.40. The number of ether oxygens (including phenoxy) is 1. The van der Waals surface area contributed by atoms with Gasteiger partial charge in [-0.25, -0.2) is 0 Å². The molecule has 1 aliphatic heterocycles. The van der Waals surface area contributed by atoms with E-state index in [9.17, 15) is 0 Å². The lowest BCUT2D eigenvalue weighted by Crippen LogP contribution is -2.47. The fourth-order valence-corrected chi connectivity index (χ4v) is 3.71. The molecule has 1 heterocycles. The molecule has 0 saturated carbocycles. The number of benzene rings is 1. The number of fused-ring (bicyclic) bond motifs is 1. The third-order valence-electron chi connectivity index (χ3n) is 4.80. The van der Waals surface area contributed by atoms with E-state index in [4.69, 9.17) is 4.74 Å². The second kappa shape index (κ2) is 6.73. The van der Waals surface area contributed by atoms with E-state index < -0.39 is 0 Å². The van der Waals surface area contributed by atoms with E-state index in [1.165, 1.54) is 38.6 Å². The molecular weight excluding hydrogens is 246 g/mol. The average molecular weight is 273 g/mol. The van der Waals surface area contributed by atoms with Gasteiger partial charge in [0, 0.05) is 19.2 Å². The summed E-state index contributed by atoms with van der Waals surface area (Å²) >= 11 is 0. The molecule has 0 bridgehead atoms. The van der Waals surface area contributed by atoms with Gasteiger partial charge in [0.05, 0.1) is 6.10 Å². The molecule has 0 unspecified atom stereocenters. The van der Waals surface area contributed by atoms with E-state index in [1.807, 2.05) is 0 Å². The van der Waals surface area contributed by atoms with Crippen molar-refractivity contribution in [3.05, 3.63) is 35.4 Å². The molecule has 0 radical (unpaired) electrons. The van der Waals surface area contributed by atoms with Gasteiger partial charge in [0.15, 0.2) is 0 Å². The van der Waals surface area contributed by atoms with Gasteiger partial charge < -0.3 is 4.74 Å². The van der Waals surface area contributed by atoms with Crippen LogP contribution >= 0.6 is 0 Å². The number of likely N-dealkylation sites (tertiary alicyclic amines) is 1. The topological polar surface area (TPSA) is 12.5 Å². The maximum atomic E-state index is 5.98. The molecule has 1 aromatic carbocycles. The Morgan fingerprint density at radius 1 is 1.20 bits per heavy atom. The zero-order valence-electron chi connectivity index (χ0n) is 12.7. The molecule has 20 heavy (non-hydrogen) atoms. The molecule has 0 amide bonds. The number of nitrogens with zero attached hydrogens (tertiary/aromatic N) is 1. The first-order valence-electron chi connectivity index (χ1n) is 8.29. The van der Waals surface area contributed by atoms with Crippen molar-refractivity contribution in [2.45, 2.75) is 57.6 Å². The SMILES string of the molecule is CCCO[C@@H]1CCCN([C@@H]2CCc3ccccc3C2)C1. The van der Waals surface area contributed by atoms with E-state index in [0.717, 1.165) is 25.6 Å². The van der Waals surface area contributed by atoms with Crippen molar-refractivity contribution in [3.8, 4) is 0 Å². The fourth-order valence-electron chi connectivity index (χ4n) is 3.71. The Balaban J connectivity index is 1.59. The van der Waals surface area contributed by atoms with Gasteiger partial charge in [-0.1, -0.05) is 31.2 Å². The van der Waals surface area contributed by atoms with Crippen molar-refractivity contribution in [1.29, 1.82) is 0 Å². The van der Waals surface area contributed by atoms with Crippen LogP contribution in [-0.4, -0.2) is 36.7 Å². The fraction of sp³-hybridized carbons (Fsp3) is 0.667. The first-order chi connectivity index (χ1) is 9.86. The van der Waals surface area contributed by atoms with Crippen LogP contribution in [0.15, 0.2) is 24.3 Å². The van der Waals surface area contributed by atoms with Crippen molar-refractivity contribution in [2.75, 3.05) is 19.7 Å². The smallest absolute Gasteiger partial charge is 0.0702 e. The van der Waals surface area contributed by atoms with Crippen LogP contribution in [0.2, 0.25) is 0 Å². The molecule has 1 fully saturated rings. The summed E-state index contributed by atoms with van der Waals surface area (Å²) in [5, 5.41) is 0. The Bertz CT molecular complexity index is 431. The summed E-state index contributed by atoms with van der Waals surface area (Å²) in [4.78, 5) is 2.69. The summed E-state index contributed by atoms with van der Waals surface area (Å²) in [5.41, 5.74) is 3.14. The van der Waals surface area contributed by atoms with Crippen LogP contribution < -0.4 is 0 Å². The maximum absolute atomic E-state index is 5.98. The van der Waals surface area contributed by atoms with Crippen LogP contribution in [0.3, 0.4) is 0 Å². The van der Waals surface area contributed by atoms with Crippen molar-refractivity contribution in [2.24, 2.45) is 0 Å². The van der Waals surface area contributed by atoms with Crippen LogP contribution in [0.4, 0.5) is 0 Å². The molecule has 2 atom stereocenters. The molecular formula is C18H27NO. The molecule has 0 spiro atoms. The van der Waals surface area contributed by atoms with Crippen LogP contribution in [0, 0.1) is 0 Å². The molecule has 110 valence electrons. The zero-order valence-corrected chi connectivity index (χ0v) is 12.7. The normalized spacial score (nSPS) is 27.2. The molecule has 1 aromatic rings. The van der Waals surface area contributed by atoms with Gasteiger partial charge in [-0.05, 0) is 56.2 Å². The first kappa shape index (κ1) is 14.1. The summed E-state index contributed by atoms with van der Waals surface area (Å²) in [6.07, 6.45) is 7.95. The third kappa shape index (κ3) is 3.24. The highest BCUT2D eigenvalue weighted by molar-refractivity contribution is 5.30. The summed E-state index contributed by atoms with van der Waals surface area (Å²) in [7, 11) is 0. The van der Waals surface area contributed by atoms with Gasteiger partial charge in [-0.15, -0.1) is 0 Å². The Kier molecular flexibility index (Phi) is 4.74. The van der Waals surface area contributed by atoms with Crippen molar-refractivity contribution < 1.29 is 4.74 Å². The second-order valence-corrected chi connectivity index (χ2v) is 6.30. The lowest BCUT2D eigenvalue weighted by atomic mass is 9.86. The molecule has 2 nitrogen and oxygen atoms in total. The zero-order chi connectivity index (χ0) is 13.8. The van der Waals surface area contributed by atoms with Gasteiger partial charge >= 0.3 is 0 Å². The monoisotopic (exact) mass is 273 g/mol. The summed E-state index contributed by atoms with van der Waals surface area (Å²) in [6.45, 7) is 5.52. The average Bonchev–Trinajstić information content (AvgIpc) is 2.53. The number of rotatable bonds is 4. The molecule has 0 N–H and O–H groups in total. The van der Waals surface area contributed by atoms with Crippen LogP contribution in [0.1, 0.15) is 43.7 Å². The van der Waals surface area contributed by atoms with Gasteiger partial charge in [0.1, 0.15) is 0 Å². The third-order valence-corrected chi connectivity index (χ3v) is 4.80. The number of hydrogen-bond acceptors (Lipinski definition) is 2. The first-order valence-corrected chi connectivity index (χ1v) is 8.29. The molecule has 0 aromatic heterocycles. The molecule has 1 saturated heterocycles. The predicted molar refractivity (Wildman–Crippen MR) is 83.1 cm³/mol. The van der Waals surface area contributed by atoms with Crippen molar-refractivity contribution in [3.63, 3.8) is 0 Å². The minimum atomic E-state index is 0.473. The molecule has 3 rings (SSSR count). The van der Waals surface area contributed by atoms with E-state index in [1.54, 1.807) is 11.1 Å². The Morgan fingerprint density at radius 3 is 2.90 bits per heavy atom. The Labute approximate surface area is 123 Å². The standard InChI is InChI=1S/C18H27NO/c1-2-12-20-18-8-5-11-19(14-18)17-10-9-15-6-3-4-7-16(15)13-17/h3-4,6-7,17-18H,2,5,8-14H2,1H3/t17-,18-/m1/s1. The van der Waals surface area contributed by atoms with Gasteiger partial charge in [0.25, 0.3) is 0 Å². The Morgan fingerprint density at radius 2 is 2.05 bits per heavy atom. The van der Waals surface area contributed by atoms with E-state index in [2.05, 4.69) is 36.1 Å². The quantitative estimate of drug-likeness (QED) is 0.833. The van der Waals surface area contributed by atoms with E-state index in [0.29, 0.717) is 6.10 Å². The largest absolute Gasteiger partial charge is 0.377 e. The lowest BCUT2D eigenvalue weighted by molar-refractivity contribution is -0.0142. The van der Waals surface area contributed by atoms with Gasteiger partial charge in [0.2, 0.25) is 0 Å². The highest BCUT2D eigenvalue weighted by Gasteiger charge is 2.28. The minimum Gasteiger partial charge on any atom is -0.377 e. The summed E-state index contributed by atoms with van der Waals surface area (Å²) in [5.74, 6) is 0. The number of aryl methyl sites for hydroxylation is 1. The van der Waals surface area contributed by atoms with Crippen molar-refractivity contribution in [1.82, 2.24) is 4.90 Å². The molecule has 2 heteroatoms. The minimum absolute atomic E-state index is 0.473. The summed E-state index contributed by atoms with van der Waals surface area (Å²) < 4.78 is 5.98. The van der Waals surface area contributed by atoms with Crippen molar-refractivity contribution >= 4 is 0 Å².